The molecule has 3 aromatic rings. The lowest BCUT2D eigenvalue weighted by Gasteiger charge is -2.32. The summed E-state index contributed by atoms with van der Waals surface area (Å²) < 4.78 is 5.91. The van der Waals surface area contributed by atoms with Gasteiger partial charge < -0.3 is 10.1 Å². The van der Waals surface area contributed by atoms with Gasteiger partial charge in [0.15, 0.2) is 5.75 Å². The van der Waals surface area contributed by atoms with Gasteiger partial charge in [0.05, 0.1) is 17.8 Å². The predicted octanol–water partition coefficient (Wildman–Crippen LogP) is 3.82. The molecule has 0 unspecified atom stereocenters. The Morgan fingerprint density at radius 1 is 1.17 bits per heavy atom. The number of aromatic nitrogens is 3. The Morgan fingerprint density at radius 3 is 2.80 bits per heavy atom. The summed E-state index contributed by atoms with van der Waals surface area (Å²) in [7, 11) is 0. The molecule has 1 aliphatic rings. The van der Waals surface area contributed by atoms with Crippen LogP contribution in [0.15, 0.2) is 61.2 Å². The van der Waals surface area contributed by atoms with Crippen molar-refractivity contribution in [1.82, 2.24) is 19.9 Å². The highest BCUT2D eigenvalue weighted by Gasteiger charge is 2.26. The number of pyridine rings is 1. The molecule has 1 N–H and O–H groups in total. The van der Waals surface area contributed by atoms with Gasteiger partial charge in [0.2, 0.25) is 5.91 Å². The van der Waals surface area contributed by atoms with Crippen molar-refractivity contribution in [1.29, 1.82) is 0 Å². The number of likely N-dealkylation sites (tertiary alicyclic amines) is 1. The number of ether oxygens (including phenoxy) is 1. The lowest BCUT2D eigenvalue weighted by atomic mass is 9.96. The summed E-state index contributed by atoms with van der Waals surface area (Å²) in [4.78, 5) is 27.9. The van der Waals surface area contributed by atoms with Crippen LogP contribution in [0.25, 0.3) is 0 Å². The monoisotopic (exact) mass is 403 g/mol. The van der Waals surface area contributed by atoms with Crippen LogP contribution in [0.2, 0.25) is 0 Å². The lowest BCUT2D eigenvalue weighted by molar-refractivity contribution is -0.121. The van der Waals surface area contributed by atoms with Gasteiger partial charge in [-0.25, -0.2) is 9.97 Å². The number of nitrogens with zero attached hydrogens (tertiary/aromatic N) is 4. The highest BCUT2D eigenvalue weighted by molar-refractivity contribution is 5.94. The first-order valence-corrected chi connectivity index (χ1v) is 10.1. The van der Waals surface area contributed by atoms with E-state index >= 15 is 0 Å². The molecule has 0 radical (unpaired) electrons. The van der Waals surface area contributed by atoms with Gasteiger partial charge in [-0.1, -0.05) is 12.1 Å². The van der Waals surface area contributed by atoms with Gasteiger partial charge in [0, 0.05) is 37.2 Å². The maximum Gasteiger partial charge on any atom is 0.228 e. The van der Waals surface area contributed by atoms with Crippen molar-refractivity contribution >= 4 is 11.6 Å². The van der Waals surface area contributed by atoms with E-state index in [-0.39, 0.29) is 11.8 Å². The molecule has 0 bridgehead atoms. The van der Waals surface area contributed by atoms with E-state index in [0.29, 0.717) is 23.7 Å². The van der Waals surface area contributed by atoms with E-state index in [9.17, 15) is 4.79 Å². The number of piperidine rings is 1. The molecule has 0 spiro atoms. The molecule has 4 rings (SSSR count). The van der Waals surface area contributed by atoms with Crippen LogP contribution in [0.5, 0.6) is 11.5 Å². The minimum atomic E-state index is -0.0726. The average molecular weight is 403 g/mol. The van der Waals surface area contributed by atoms with E-state index < -0.39 is 0 Å². The van der Waals surface area contributed by atoms with Gasteiger partial charge in [-0.3, -0.25) is 14.7 Å². The maximum atomic E-state index is 13.0. The molecule has 1 aromatic carbocycles. The van der Waals surface area contributed by atoms with Crippen molar-refractivity contribution in [2.24, 2.45) is 5.92 Å². The molecule has 1 fully saturated rings. The quantitative estimate of drug-likeness (QED) is 0.674. The predicted molar refractivity (Wildman–Crippen MR) is 114 cm³/mol. The largest absolute Gasteiger partial charge is 0.454 e. The number of rotatable bonds is 6. The van der Waals surface area contributed by atoms with Crippen LogP contribution in [-0.2, 0) is 11.3 Å². The Bertz CT molecular complexity index is 978. The minimum absolute atomic E-state index is 0.0158. The van der Waals surface area contributed by atoms with Crippen LogP contribution in [0, 0.1) is 12.8 Å². The number of aryl methyl sites for hydroxylation is 1. The van der Waals surface area contributed by atoms with E-state index in [2.05, 4.69) is 25.2 Å². The van der Waals surface area contributed by atoms with Crippen LogP contribution < -0.4 is 10.1 Å². The summed E-state index contributed by atoms with van der Waals surface area (Å²) in [6.07, 6.45) is 8.91. The zero-order valence-electron chi connectivity index (χ0n) is 17.0. The van der Waals surface area contributed by atoms with Crippen molar-refractivity contribution in [3.63, 3.8) is 0 Å². The molecule has 7 nitrogen and oxygen atoms in total. The normalized spacial score (nSPS) is 16.8. The minimum Gasteiger partial charge on any atom is -0.454 e. The summed E-state index contributed by atoms with van der Waals surface area (Å²) in [5.74, 6) is 1.94. The Morgan fingerprint density at radius 2 is 2.00 bits per heavy atom. The van der Waals surface area contributed by atoms with Crippen LogP contribution in [0.4, 0.5) is 5.69 Å². The third kappa shape index (κ3) is 5.18. The second-order valence-corrected chi connectivity index (χ2v) is 7.49. The topological polar surface area (TPSA) is 80.2 Å². The smallest absolute Gasteiger partial charge is 0.228 e. The standard InChI is InChI=1S/C23H25N5O2/c1-17-25-12-18(13-26-17)15-28-11-5-6-19(16-28)23(29)27-21-8-2-3-9-22(21)30-20-7-4-10-24-14-20/h2-4,7-10,12-14,19H,5-6,11,15-16H2,1H3,(H,27,29)/t19-/m1/s1. The first kappa shape index (κ1) is 20.0. The molecule has 0 aliphatic carbocycles. The molecule has 1 amide bonds. The molecular weight excluding hydrogens is 378 g/mol. The molecule has 1 aliphatic heterocycles. The SMILES string of the molecule is Cc1ncc(CN2CCC[C@@H](C(=O)Nc3ccccc3Oc3cccnc3)C2)cn1. The molecule has 2 aromatic heterocycles. The van der Waals surface area contributed by atoms with Gasteiger partial charge in [-0.05, 0) is 50.6 Å². The van der Waals surface area contributed by atoms with Crippen LogP contribution in [-0.4, -0.2) is 38.8 Å². The fraction of sp³-hybridized carbons (Fsp3) is 0.304. The van der Waals surface area contributed by atoms with Crippen molar-refractivity contribution in [2.75, 3.05) is 18.4 Å². The Labute approximate surface area is 176 Å². The molecule has 7 heteroatoms. The first-order chi connectivity index (χ1) is 14.7. The maximum absolute atomic E-state index is 13.0. The highest BCUT2D eigenvalue weighted by atomic mass is 16.5. The van der Waals surface area contributed by atoms with Crippen LogP contribution in [0.1, 0.15) is 24.2 Å². The second kappa shape index (κ2) is 9.45. The van der Waals surface area contributed by atoms with Gasteiger partial charge in [0.25, 0.3) is 0 Å². The number of para-hydroxylation sites is 2. The molecule has 30 heavy (non-hydrogen) atoms. The number of carbonyl (C=O) groups excluding carboxylic acids is 1. The van der Waals surface area contributed by atoms with Crippen LogP contribution >= 0.6 is 0 Å². The number of hydrogen-bond acceptors (Lipinski definition) is 6. The summed E-state index contributed by atoms with van der Waals surface area (Å²) in [6, 6.07) is 11.1. The van der Waals surface area contributed by atoms with E-state index in [1.165, 1.54) is 0 Å². The third-order valence-electron chi connectivity index (χ3n) is 5.12. The van der Waals surface area contributed by atoms with Crippen molar-refractivity contribution in [2.45, 2.75) is 26.3 Å². The molecule has 1 saturated heterocycles. The first-order valence-electron chi connectivity index (χ1n) is 10.1. The van der Waals surface area contributed by atoms with E-state index in [1.807, 2.05) is 55.7 Å². The summed E-state index contributed by atoms with van der Waals surface area (Å²) in [5, 5.41) is 3.06. The third-order valence-corrected chi connectivity index (χ3v) is 5.12. The van der Waals surface area contributed by atoms with E-state index in [0.717, 1.165) is 37.3 Å². The van der Waals surface area contributed by atoms with Gasteiger partial charge >= 0.3 is 0 Å². The zero-order chi connectivity index (χ0) is 20.8. The van der Waals surface area contributed by atoms with Gasteiger partial charge in [-0.2, -0.15) is 0 Å². The number of nitrogens with one attached hydrogen (secondary N) is 1. The number of amides is 1. The molecule has 154 valence electrons. The summed E-state index contributed by atoms with van der Waals surface area (Å²) >= 11 is 0. The number of anilines is 1. The number of benzene rings is 1. The zero-order valence-corrected chi connectivity index (χ0v) is 17.0. The van der Waals surface area contributed by atoms with Crippen molar-refractivity contribution in [3.05, 3.63) is 72.6 Å². The second-order valence-electron chi connectivity index (χ2n) is 7.49. The Balaban J connectivity index is 1.39. The molecule has 1 atom stereocenters. The molecule has 0 saturated carbocycles. The Kier molecular flexibility index (Phi) is 6.29. The summed E-state index contributed by atoms with van der Waals surface area (Å²) in [5.41, 5.74) is 1.73. The number of carbonyl (C=O) groups is 1. The van der Waals surface area contributed by atoms with Crippen molar-refractivity contribution < 1.29 is 9.53 Å². The van der Waals surface area contributed by atoms with Crippen LogP contribution in [0.3, 0.4) is 0 Å². The average Bonchev–Trinajstić information content (AvgIpc) is 2.78. The van der Waals surface area contributed by atoms with Crippen molar-refractivity contribution in [3.8, 4) is 11.5 Å². The molecular formula is C23H25N5O2. The highest BCUT2D eigenvalue weighted by Crippen LogP contribution is 2.30. The fourth-order valence-electron chi connectivity index (χ4n) is 3.60. The van der Waals surface area contributed by atoms with Gasteiger partial charge in [0.1, 0.15) is 11.6 Å². The number of hydrogen-bond donors (Lipinski definition) is 1. The lowest BCUT2D eigenvalue weighted by Crippen LogP contribution is -2.40. The van der Waals surface area contributed by atoms with E-state index in [1.54, 1.807) is 12.4 Å². The summed E-state index contributed by atoms with van der Waals surface area (Å²) in [6.45, 7) is 4.31. The van der Waals surface area contributed by atoms with E-state index in [4.69, 9.17) is 4.74 Å². The molecule has 3 heterocycles. The van der Waals surface area contributed by atoms with Gasteiger partial charge in [-0.15, -0.1) is 0 Å². The fourth-order valence-corrected chi connectivity index (χ4v) is 3.60. The Hall–Kier alpha value is -3.32.